The molecular weight excluding hydrogens is 308 g/mol. The fraction of sp³-hybridized carbons (Fsp3) is 0.111. The molecule has 3 rings (SSSR count). The van der Waals surface area contributed by atoms with Gasteiger partial charge in [0.25, 0.3) is 0 Å². The van der Waals surface area contributed by atoms with Crippen LogP contribution >= 0.6 is 11.9 Å². The quantitative estimate of drug-likeness (QED) is 0.700. The fourth-order valence-corrected chi connectivity index (χ4v) is 2.78. The van der Waals surface area contributed by atoms with Crippen molar-refractivity contribution in [3.63, 3.8) is 0 Å². The van der Waals surface area contributed by atoms with Crippen molar-refractivity contribution >= 4 is 17.9 Å². The van der Waals surface area contributed by atoms with Crippen molar-refractivity contribution in [2.45, 2.75) is 18.2 Å². The van der Waals surface area contributed by atoms with Crippen molar-refractivity contribution in [2.24, 2.45) is 0 Å². The molecule has 0 saturated carbocycles. The Labute approximate surface area is 139 Å². The van der Waals surface area contributed by atoms with E-state index in [0.29, 0.717) is 6.42 Å². The zero-order valence-corrected chi connectivity index (χ0v) is 13.5. The van der Waals surface area contributed by atoms with Crippen LogP contribution in [-0.4, -0.2) is 11.1 Å². The van der Waals surface area contributed by atoms with Crippen LogP contribution in [0.4, 0.5) is 0 Å². The Bertz CT molecular complexity index is 782. The number of hydrogen-bond donors (Lipinski definition) is 1. The van der Waals surface area contributed by atoms with Gasteiger partial charge >= 0.3 is 0 Å². The molecule has 0 radical (unpaired) electrons. The highest BCUT2D eigenvalue weighted by Crippen LogP contribution is 2.31. The van der Waals surface area contributed by atoms with Gasteiger partial charge in [0.1, 0.15) is 12.0 Å². The third-order valence-electron chi connectivity index (χ3n) is 3.39. The summed E-state index contributed by atoms with van der Waals surface area (Å²) < 4.78 is 7.95. The van der Waals surface area contributed by atoms with E-state index in [1.165, 1.54) is 11.9 Å². The number of hydrogen-bond acceptors (Lipinski definition) is 4. The molecule has 0 bridgehead atoms. The van der Waals surface area contributed by atoms with Gasteiger partial charge in [-0.3, -0.25) is 9.52 Å². The summed E-state index contributed by atoms with van der Waals surface area (Å²) in [5.41, 5.74) is 3.82. The van der Waals surface area contributed by atoms with Gasteiger partial charge in [-0.2, -0.15) is 0 Å². The maximum atomic E-state index is 11.3. The molecule has 116 valence electrons. The molecule has 23 heavy (non-hydrogen) atoms. The molecule has 2 aromatic carbocycles. The smallest absolute Gasteiger partial charge is 0.229 e. The Hall–Kier alpha value is -2.53. The van der Waals surface area contributed by atoms with E-state index in [9.17, 15) is 4.79 Å². The molecule has 5 heteroatoms. The van der Waals surface area contributed by atoms with Crippen molar-refractivity contribution < 1.29 is 9.32 Å². The van der Waals surface area contributed by atoms with Crippen LogP contribution in [0.2, 0.25) is 0 Å². The van der Waals surface area contributed by atoms with Crippen LogP contribution in [0.5, 0.6) is 0 Å². The number of benzene rings is 2. The Morgan fingerprint density at radius 2 is 1.83 bits per heavy atom. The van der Waals surface area contributed by atoms with Gasteiger partial charge < -0.3 is 4.52 Å². The third kappa shape index (κ3) is 3.63. The molecular formula is C18H16N2O2S. The van der Waals surface area contributed by atoms with Gasteiger partial charge in [0.15, 0.2) is 0 Å². The zero-order valence-electron chi connectivity index (χ0n) is 12.7. The van der Waals surface area contributed by atoms with Crippen LogP contribution in [0, 0.1) is 0 Å². The first-order valence-corrected chi connectivity index (χ1v) is 8.15. The Kier molecular flexibility index (Phi) is 4.78. The number of carbonyl (C=O) groups is 1. The summed E-state index contributed by atoms with van der Waals surface area (Å²) in [6.07, 6.45) is 2.13. The van der Waals surface area contributed by atoms with Crippen molar-refractivity contribution in [1.82, 2.24) is 9.88 Å². The monoisotopic (exact) mass is 324 g/mol. The second kappa shape index (κ2) is 7.15. The Morgan fingerprint density at radius 1 is 1.09 bits per heavy atom. The molecule has 0 fully saturated rings. The molecule has 3 aromatic rings. The summed E-state index contributed by atoms with van der Waals surface area (Å²) >= 11 is 1.32. The van der Waals surface area contributed by atoms with Crippen LogP contribution in [0.15, 0.2) is 70.3 Å². The maximum absolute atomic E-state index is 11.3. The fourth-order valence-electron chi connectivity index (χ4n) is 2.14. The van der Waals surface area contributed by atoms with E-state index in [0.717, 1.165) is 27.3 Å². The van der Waals surface area contributed by atoms with Gasteiger partial charge in [0.2, 0.25) is 5.91 Å². The standard InChI is InChI=1S/C18H16N2O2S/c1-2-17(21)20-23-15-10-8-13(9-11-15)16-12-22-19-18(16)14-6-4-3-5-7-14/h3-12H,2H2,1H3,(H,20,21). The topological polar surface area (TPSA) is 55.1 Å². The molecule has 0 aliphatic carbocycles. The minimum absolute atomic E-state index is 0.0180. The maximum Gasteiger partial charge on any atom is 0.229 e. The number of nitrogens with zero attached hydrogens (tertiary/aromatic N) is 1. The third-order valence-corrected chi connectivity index (χ3v) is 4.22. The first-order valence-electron chi connectivity index (χ1n) is 7.34. The number of amides is 1. The average Bonchev–Trinajstić information content (AvgIpc) is 3.10. The first-order chi connectivity index (χ1) is 11.3. The van der Waals surface area contributed by atoms with E-state index in [1.54, 1.807) is 6.26 Å². The lowest BCUT2D eigenvalue weighted by Crippen LogP contribution is -2.13. The van der Waals surface area contributed by atoms with Gasteiger partial charge in [-0.1, -0.05) is 54.5 Å². The summed E-state index contributed by atoms with van der Waals surface area (Å²) in [5, 5.41) is 4.12. The van der Waals surface area contributed by atoms with E-state index in [1.807, 2.05) is 61.5 Å². The van der Waals surface area contributed by atoms with E-state index in [4.69, 9.17) is 4.52 Å². The lowest BCUT2D eigenvalue weighted by molar-refractivity contribution is -0.118. The van der Waals surface area contributed by atoms with Crippen LogP contribution in [0.25, 0.3) is 22.4 Å². The molecule has 4 nitrogen and oxygen atoms in total. The molecule has 1 heterocycles. The summed E-state index contributed by atoms with van der Waals surface area (Å²) in [7, 11) is 0. The van der Waals surface area contributed by atoms with E-state index >= 15 is 0 Å². The molecule has 0 saturated heterocycles. The molecule has 0 aliphatic rings. The highest BCUT2D eigenvalue weighted by molar-refractivity contribution is 7.98. The van der Waals surface area contributed by atoms with E-state index < -0.39 is 0 Å². The largest absolute Gasteiger partial charge is 0.363 e. The van der Waals surface area contributed by atoms with Crippen LogP contribution < -0.4 is 4.72 Å². The molecule has 0 spiro atoms. The van der Waals surface area contributed by atoms with Crippen molar-refractivity contribution in [3.05, 3.63) is 60.9 Å². The number of carbonyl (C=O) groups excluding carboxylic acids is 1. The first kappa shape index (κ1) is 15.4. The highest BCUT2D eigenvalue weighted by atomic mass is 32.2. The Morgan fingerprint density at radius 3 is 2.52 bits per heavy atom. The van der Waals surface area contributed by atoms with Gasteiger partial charge in [0, 0.05) is 22.4 Å². The van der Waals surface area contributed by atoms with Gasteiger partial charge in [-0.05, 0) is 29.6 Å². The zero-order chi connectivity index (χ0) is 16.1. The second-order valence-corrected chi connectivity index (χ2v) is 5.83. The van der Waals surface area contributed by atoms with Gasteiger partial charge in [0.05, 0.1) is 0 Å². The lowest BCUT2D eigenvalue weighted by atomic mass is 10.0. The van der Waals surface area contributed by atoms with Crippen LogP contribution in [0.3, 0.4) is 0 Å². The molecule has 1 aromatic heterocycles. The van der Waals surface area contributed by atoms with Crippen molar-refractivity contribution in [1.29, 1.82) is 0 Å². The number of aromatic nitrogens is 1. The van der Waals surface area contributed by atoms with Gasteiger partial charge in [-0.15, -0.1) is 0 Å². The highest BCUT2D eigenvalue weighted by Gasteiger charge is 2.12. The summed E-state index contributed by atoms with van der Waals surface area (Å²) in [4.78, 5) is 12.3. The number of rotatable bonds is 5. The molecule has 0 atom stereocenters. The minimum atomic E-state index is 0.0180. The lowest BCUT2D eigenvalue weighted by Gasteiger charge is -2.05. The molecule has 0 aliphatic heterocycles. The van der Waals surface area contributed by atoms with Crippen LogP contribution in [-0.2, 0) is 4.79 Å². The number of nitrogens with one attached hydrogen (secondary N) is 1. The Balaban J connectivity index is 1.81. The summed E-state index contributed by atoms with van der Waals surface area (Å²) in [6, 6.07) is 17.9. The van der Waals surface area contributed by atoms with E-state index in [2.05, 4.69) is 9.88 Å². The summed E-state index contributed by atoms with van der Waals surface area (Å²) in [5.74, 6) is 0.0180. The average molecular weight is 324 g/mol. The summed E-state index contributed by atoms with van der Waals surface area (Å²) in [6.45, 7) is 1.83. The predicted molar refractivity (Wildman–Crippen MR) is 91.7 cm³/mol. The normalized spacial score (nSPS) is 10.5. The SMILES string of the molecule is CCC(=O)NSc1ccc(-c2conc2-c2ccccc2)cc1. The van der Waals surface area contributed by atoms with Crippen molar-refractivity contribution in [3.8, 4) is 22.4 Å². The van der Waals surface area contributed by atoms with Gasteiger partial charge in [-0.25, -0.2) is 0 Å². The van der Waals surface area contributed by atoms with E-state index in [-0.39, 0.29) is 5.91 Å². The molecule has 1 amide bonds. The van der Waals surface area contributed by atoms with Crippen molar-refractivity contribution in [2.75, 3.05) is 0 Å². The molecule has 0 unspecified atom stereocenters. The molecule has 1 N–H and O–H groups in total. The van der Waals surface area contributed by atoms with Crippen LogP contribution in [0.1, 0.15) is 13.3 Å². The predicted octanol–water partition coefficient (Wildman–Crippen LogP) is 4.54. The minimum Gasteiger partial charge on any atom is -0.363 e. The second-order valence-electron chi connectivity index (χ2n) is 4.95.